The number of nitrogens with one attached hydrogen (secondary N) is 2. The highest BCUT2D eigenvalue weighted by Gasteiger charge is 2.14. The summed E-state index contributed by atoms with van der Waals surface area (Å²) < 4.78 is 14.2. The number of amides is 1. The number of aromatic amines is 1. The number of nitrogens with zero attached hydrogens (tertiary/aromatic N) is 1. The number of aryl methyl sites for hydroxylation is 1. The molecule has 0 saturated heterocycles. The largest absolute Gasteiger partial charge is 0.307 e. The zero-order chi connectivity index (χ0) is 13.1. The molecular weight excluding hydrogens is 301 g/mol. The van der Waals surface area contributed by atoms with Crippen LogP contribution in [0.3, 0.4) is 0 Å². The average molecular weight is 312 g/mol. The molecule has 0 radical (unpaired) electrons. The Morgan fingerprint density at radius 3 is 3.00 bits per heavy atom. The van der Waals surface area contributed by atoms with Gasteiger partial charge in [-0.2, -0.15) is 5.10 Å². The second kappa shape index (κ2) is 5.30. The molecule has 6 heteroatoms. The van der Waals surface area contributed by atoms with Crippen molar-refractivity contribution in [1.82, 2.24) is 10.2 Å². The number of halogens is 2. The minimum atomic E-state index is -0.570. The molecule has 94 valence electrons. The minimum absolute atomic E-state index is 0.00477. The summed E-state index contributed by atoms with van der Waals surface area (Å²) in [6.07, 6.45) is 2.36. The number of hydrogen-bond donors (Lipinski definition) is 2. The van der Waals surface area contributed by atoms with Crippen LogP contribution in [0.4, 0.5) is 10.2 Å². The van der Waals surface area contributed by atoms with E-state index in [9.17, 15) is 9.18 Å². The van der Waals surface area contributed by atoms with Crippen molar-refractivity contribution in [3.8, 4) is 0 Å². The van der Waals surface area contributed by atoms with Gasteiger partial charge in [0, 0.05) is 10.0 Å². The van der Waals surface area contributed by atoms with Crippen LogP contribution in [0.15, 0.2) is 28.9 Å². The van der Waals surface area contributed by atoms with Crippen molar-refractivity contribution < 1.29 is 9.18 Å². The van der Waals surface area contributed by atoms with Crippen molar-refractivity contribution in [3.63, 3.8) is 0 Å². The van der Waals surface area contributed by atoms with Crippen molar-refractivity contribution in [2.24, 2.45) is 0 Å². The van der Waals surface area contributed by atoms with Gasteiger partial charge in [-0.25, -0.2) is 4.39 Å². The number of H-pyrrole nitrogens is 1. The smallest absolute Gasteiger partial charge is 0.259 e. The summed E-state index contributed by atoms with van der Waals surface area (Å²) in [6.45, 7) is 1.95. The summed E-state index contributed by atoms with van der Waals surface area (Å²) in [7, 11) is 0. The van der Waals surface area contributed by atoms with Crippen LogP contribution in [0.2, 0.25) is 0 Å². The van der Waals surface area contributed by atoms with E-state index in [1.54, 1.807) is 12.3 Å². The third kappa shape index (κ3) is 2.59. The highest BCUT2D eigenvalue weighted by atomic mass is 79.9. The summed E-state index contributed by atoms with van der Waals surface area (Å²) in [5.41, 5.74) is 0.871. The van der Waals surface area contributed by atoms with Gasteiger partial charge in [-0.05, 0) is 24.6 Å². The first kappa shape index (κ1) is 12.8. The SMILES string of the molecule is CCc1cn[nH]c1NC(=O)c1ccc(Br)cc1F. The van der Waals surface area contributed by atoms with E-state index in [1.165, 1.54) is 12.1 Å². The predicted molar refractivity (Wildman–Crippen MR) is 70.0 cm³/mol. The molecule has 2 aromatic rings. The number of rotatable bonds is 3. The molecule has 2 rings (SSSR count). The molecule has 0 fully saturated rings. The van der Waals surface area contributed by atoms with E-state index >= 15 is 0 Å². The van der Waals surface area contributed by atoms with Gasteiger partial charge in [0.15, 0.2) is 0 Å². The van der Waals surface area contributed by atoms with Gasteiger partial charge in [0.1, 0.15) is 11.6 Å². The number of hydrogen-bond acceptors (Lipinski definition) is 2. The molecule has 0 aliphatic heterocycles. The van der Waals surface area contributed by atoms with Gasteiger partial charge in [0.25, 0.3) is 5.91 Å². The van der Waals surface area contributed by atoms with Crippen molar-refractivity contribution >= 4 is 27.7 Å². The highest BCUT2D eigenvalue weighted by Crippen LogP contribution is 2.17. The molecular formula is C12H11BrFN3O. The Balaban J connectivity index is 2.22. The maximum Gasteiger partial charge on any atom is 0.259 e. The number of anilines is 1. The summed E-state index contributed by atoms with van der Waals surface area (Å²) in [6, 6.07) is 4.30. The second-order valence-corrected chi connectivity index (χ2v) is 4.62. The van der Waals surface area contributed by atoms with Crippen molar-refractivity contribution in [2.75, 3.05) is 5.32 Å². The Kier molecular flexibility index (Phi) is 3.76. The van der Waals surface area contributed by atoms with Crippen LogP contribution in [-0.2, 0) is 6.42 Å². The molecule has 18 heavy (non-hydrogen) atoms. The lowest BCUT2D eigenvalue weighted by atomic mass is 10.2. The second-order valence-electron chi connectivity index (χ2n) is 3.70. The minimum Gasteiger partial charge on any atom is -0.307 e. The number of carbonyl (C=O) groups excluding carboxylic acids is 1. The molecule has 0 bridgehead atoms. The van der Waals surface area contributed by atoms with Crippen molar-refractivity contribution in [1.29, 1.82) is 0 Å². The molecule has 1 heterocycles. The maximum absolute atomic E-state index is 13.6. The quantitative estimate of drug-likeness (QED) is 0.915. The van der Waals surface area contributed by atoms with Gasteiger partial charge in [0.05, 0.1) is 11.8 Å². The molecule has 0 aliphatic rings. The molecule has 0 saturated carbocycles. The van der Waals surface area contributed by atoms with Crippen LogP contribution in [0.5, 0.6) is 0 Å². The van der Waals surface area contributed by atoms with Crippen LogP contribution in [0.1, 0.15) is 22.8 Å². The summed E-state index contributed by atoms with van der Waals surface area (Å²) in [5, 5.41) is 9.12. The lowest BCUT2D eigenvalue weighted by Gasteiger charge is -2.06. The van der Waals surface area contributed by atoms with Gasteiger partial charge in [-0.1, -0.05) is 22.9 Å². The van der Waals surface area contributed by atoms with E-state index in [0.717, 1.165) is 12.0 Å². The van der Waals surface area contributed by atoms with Gasteiger partial charge < -0.3 is 5.32 Å². The van der Waals surface area contributed by atoms with E-state index in [-0.39, 0.29) is 5.56 Å². The lowest BCUT2D eigenvalue weighted by Crippen LogP contribution is -2.15. The molecule has 0 atom stereocenters. The summed E-state index contributed by atoms with van der Waals surface area (Å²) in [5.74, 6) is -0.566. The molecule has 0 unspecified atom stereocenters. The predicted octanol–water partition coefficient (Wildman–Crippen LogP) is 3.13. The average Bonchev–Trinajstić information content (AvgIpc) is 2.76. The van der Waals surface area contributed by atoms with E-state index in [0.29, 0.717) is 10.3 Å². The topological polar surface area (TPSA) is 57.8 Å². The Hall–Kier alpha value is -1.69. The lowest BCUT2D eigenvalue weighted by molar-refractivity contribution is 0.102. The standard InChI is InChI=1S/C12H11BrFN3O/c1-2-7-6-15-17-11(7)16-12(18)9-4-3-8(13)5-10(9)14/h3-6H,2H2,1H3,(H2,15,16,17,18). The third-order valence-electron chi connectivity index (χ3n) is 2.51. The molecule has 1 aromatic carbocycles. The maximum atomic E-state index is 13.6. The van der Waals surface area contributed by atoms with E-state index in [2.05, 4.69) is 31.4 Å². The van der Waals surface area contributed by atoms with Crippen molar-refractivity contribution in [3.05, 3.63) is 45.8 Å². The number of benzene rings is 1. The fourth-order valence-electron chi connectivity index (χ4n) is 1.54. The summed E-state index contributed by atoms with van der Waals surface area (Å²) in [4.78, 5) is 11.9. The first-order valence-corrected chi connectivity index (χ1v) is 6.19. The highest BCUT2D eigenvalue weighted by molar-refractivity contribution is 9.10. The third-order valence-corrected chi connectivity index (χ3v) is 3.01. The van der Waals surface area contributed by atoms with Gasteiger partial charge >= 0.3 is 0 Å². The van der Waals surface area contributed by atoms with Crippen molar-refractivity contribution in [2.45, 2.75) is 13.3 Å². The molecule has 4 nitrogen and oxygen atoms in total. The molecule has 0 aliphatic carbocycles. The molecule has 0 spiro atoms. The monoisotopic (exact) mass is 311 g/mol. The van der Waals surface area contributed by atoms with E-state index in [1.807, 2.05) is 6.92 Å². The fourth-order valence-corrected chi connectivity index (χ4v) is 1.88. The van der Waals surface area contributed by atoms with E-state index in [4.69, 9.17) is 0 Å². The zero-order valence-corrected chi connectivity index (χ0v) is 11.2. The molecule has 1 aromatic heterocycles. The number of aromatic nitrogens is 2. The van der Waals surface area contributed by atoms with Crippen LogP contribution in [0.25, 0.3) is 0 Å². The zero-order valence-electron chi connectivity index (χ0n) is 9.63. The van der Waals surface area contributed by atoms with Gasteiger partial charge in [0.2, 0.25) is 0 Å². The molecule has 2 N–H and O–H groups in total. The Bertz CT molecular complexity index is 582. The van der Waals surface area contributed by atoms with E-state index < -0.39 is 11.7 Å². The van der Waals surface area contributed by atoms with Crippen LogP contribution < -0.4 is 5.32 Å². The Morgan fingerprint density at radius 2 is 2.33 bits per heavy atom. The summed E-state index contributed by atoms with van der Waals surface area (Å²) >= 11 is 3.14. The first-order chi connectivity index (χ1) is 8.61. The number of carbonyl (C=O) groups is 1. The fraction of sp³-hybridized carbons (Fsp3) is 0.167. The molecule has 1 amide bonds. The van der Waals surface area contributed by atoms with Crippen LogP contribution in [-0.4, -0.2) is 16.1 Å². The van der Waals surface area contributed by atoms with Gasteiger partial charge in [-0.3, -0.25) is 9.89 Å². The first-order valence-electron chi connectivity index (χ1n) is 5.40. The van der Waals surface area contributed by atoms with Gasteiger partial charge in [-0.15, -0.1) is 0 Å². The van der Waals surface area contributed by atoms with Crippen LogP contribution in [0, 0.1) is 5.82 Å². The Morgan fingerprint density at radius 1 is 1.56 bits per heavy atom. The Labute approximate surface area is 112 Å². The normalized spacial score (nSPS) is 10.4. The van der Waals surface area contributed by atoms with Crippen LogP contribution >= 0.6 is 15.9 Å².